The quantitative estimate of drug-likeness (QED) is 0.760. The number of hydrogen-bond acceptors (Lipinski definition) is 2. The van der Waals surface area contributed by atoms with Gasteiger partial charge < -0.3 is 10.2 Å². The topological polar surface area (TPSA) is 15.3 Å². The molecule has 0 radical (unpaired) electrons. The minimum atomic E-state index is -0.0960. The molecule has 1 aliphatic rings. The highest BCUT2D eigenvalue weighted by Gasteiger charge is 2.18. The van der Waals surface area contributed by atoms with Crippen molar-refractivity contribution in [2.75, 3.05) is 25.0 Å². The monoisotopic (exact) mass is 278 g/mol. The van der Waals surface area contributed by atoms with Gasteiger partial charge in [-0.1, -0.05) is 25.8 Å². The van der Waals surface area contributed by atoms with Gasteiger partial charge in [0, 0.05) is 20.1 Å². The predicted octanol–water partition coefficient (Wildman–Crippen LogP) is 3.95. The predicted molar refractivity (Wildman–Crippen MR) is 83.6 cm³/mol. The molecule has 0 heterocycles. The summed E-state index contributed by atoms with van der Waals surface area (Å²) in [6.07, 6.45) is 6.37. The second-order valence-electron chi connectivity index (χ2n) is 5.99. The Hall–Kier alpha value is -1.09. The average Bonchev–Trinajstić information content (AvgIpc) is 2.92. The van der Waals surface area contributed by atoms with Crippen molar-refractivity contribution < 1.29 is 4.39 Å². The van der Waals surface area contributed by atoms with Crippen molar-refractivity contribution in [3.8, 4) is 0 Å². The van der Waals surface area contributed by atoms with Crippen LogP contribution >= 0.6 is 0 Å². The number of benzene rings is 1. The highest BCUT2D eigenvalue weighted by molar-refractivity contribution is 5.48. The van der Waals surface area contributed by atoms with Crippen LogP contribution in [0.3, 0.4) is 0 Å². The van der Waals surface area contributed by atoms with Gasteiger partial charge >= 0.3 is 0 Å². The van der Waals surface area contributed by atoms with Gasteiger partial charge in [-0.15, -0.1) is 0 Å². The fourth-order valence-corrected chi connectivity index (χ4v) is 3.06. The number of anilines is 1. The molecule has 0 saturated heterocycles. The van der Waals surface area contributed by atoms with Crippen molar-refractivity contribution >= 4 is 5.69 Å². The van der Waals surface area contributed by atoms with E-state index < -0.39 is 0 Å². The summed E-state index contributed by atoms with van der Waals surface area (Å²) in [5.74, 6) is 0.645. The Morgan fingerprint density at radius 2 is 2.05 bits per heavy atom. The first-order valence-corrected chi connectivity index (χ1v) is 7.91. The van der Waals surface area contributed by atoms with Gasteiger partial charge in [0.15, 0.2) is 0 Å². The Bertz CT molecular complexity index is 413. The van der Waals surface area contributed by atoms with Gasteiger partial charge in [0.05, 0.1) is 5.69 Å². The molecular weight excluding hydrogens is 251 g/mol. The van der Waals surface area contributed by atoms with Gasteiger partial charge in [0.25, 0.3) is 0 Å². The lowest BCUT2D eigenvalue weighted by Gasteiger charge is -2.23. The second-order valence-corrected chi connectivity index (χ2v) is 5.99. The van der Waals surface area contributed by atoms with E-state index in [0.717, 1.165) is 43.2 Å². The molecule has 0 bridgehead atoms. The molecule has 0 unspecified atom stereocenters. The van der Waals surface area contributed by atoms with Crippen LogP contribution in [0.5, 0.6) is 0 Å². The van der Waals surface area contributed by atoms with Crippen molar-refractivity contribution in [2.45, 2.75) is 45.6 Å². The summed E-state index contributed by atoms with van der Waals surface area (Å²) in [7, 11) is 2.01. The normalized spacial score (nSPS) is 15.8. The second kappa shape index (κ2) is 7.63. The zero-order chi connectivity index (χ0) is 14.4. The molecule has 1 saturated carbocycles. The first-order chi connectivity index (χ1) is 9.70. The number of hydrogen-bond donors (Lipinski definition) is 1. The molecule has 1 N–H and O–H groups in total. The number of nitrogens with zero attached hydrogens (tertiary/aromatic N) is 1. The summed E-state index contributed by atoms with van der Waals surface area (Å²) in [6, 6.07) is 5.63. The fourth-order valence-electron chi connectivity index (χ4n) is 3.06. The van der Waals surface area contributed by atoms with E-state index in [9.17, 15) is 4.39 Å². The van der Waals surface area contributed by atoms with Gasteiger partial charge in [0.2, 0.25) is 0 Å². The van der Waals surface area contributed by atoms with E-state index in [1.807, 2.05) is 19.2 Å². The Morgan fingerprint density at radius 3 is 2.70 bits per heavy atom. The van der Waals surface area contributed by atoms with Gasteiger partial charge in [0.1, 0.15) is 5.82 Å². The molecule has 0 spiro atoms. The number of rotatable bonds is 7. The molecule has 0 aliphatic heterocycles. The van der Waals surface area contributed by atoms with E-state index in [-0.39, 0.29) is 5.82 Å². The van der Waals surface area contributed by atoms with Crippen molar-refractivity contribution in [2.24, 2.45) is 5.92 Å². The lowest BCUT2D eigenvalue weighted by atomic mass is 10.1. The maximum Gasteiger partial charge on any atom is 0.146 e. The summed E-state index contributed by atoms with van der Waals surface area (Å²) >= 11 is 0. The maximum atomic E-state index is 14.2. The Kier molecular flexibility index (Phi) is 5.84. The lowest BCUT2D eigenvalue weighted by molar-refractivity contribution is 0.538. The van der Waals surface area contributed by atoms with Crippen molar-refractivity contribution in [1.29, 1.82) is 0 Å². The van der Waals surface area contributed by atoms with E-state index in [2.05, 4.69) is 17.1 Å². The minimum absolute atomic E-state index is 0.0960. The molecule has 0 atom stereocenters. The van der Waals surface area contributed by atoms with E-state index in [4.69, 9.17) is 0 Å². The molecule has 0 aromatic heterocycles. The molecule has 2 rings (SSSR count). The average molecular weight is 278 g/mol. The zero-order valence-corrected chi connectivity index (χ0v) is 12.8. The molecular formula is C17H27FN2. The summed E-state index contributed by atoms with van der Waals surface area (Å²) < 4.78 is 14.2. The molecule has 1 aromatic rings. The first kappa shape index (κ1) is 15.3. The summed E-state index contributed by atoms with van der Waals surface area (Å²) in [4.78, 5) is 2.08. The molecule has 1 aromatic carbocycles. The summed E-state index contributed by atoms with van der Waals surface area (Å²) in [5, 5.41) is 3.31. The molecule has 3 heteroatoms. The molecule has 112 valence electrons. The van der Waals surface area contributed by atoms with Crippen LogP contribution in [0.4, 0.5) is 10.1 Å². The van der Waals surface area contributed by atoms with E-state index >= 15 is 0 Å². The van der Waals surface area contributed by atoms with Crippen LogP contribution in [0.1, 0.15) is 44.6 Å². The van der Waals surface area contributed by atoms with Crippen molar-refractivity contribution in [3.05, 3.63) is 29.6 Å². The lowest BCUT2D eigenvalue weighted by Crippen LogP contribution is -2.25. The van der Waals surface area contributed by atoms with Crippen LogP contribution in [-0.4, -0.2) is 20.1 Å². The number of halogens is 1. The SMILES string of the molecule is CCCNCc1ccc(N(C)CC2CCCC2)c(F)c1. The standard InChI is InChI=1S/C17H27FN2/c1-3-10-19-12-15-8-9-17(16(18)11-15)20(2)13-14-6-4-5-7-14/h8-9,11,14,19H,3-7,10,12-13H2,1-2H3. The van der Waals surface area contributed by atoms with Gasteiger partial charge in [-0.25, -0.2) is 4.39 Å². The van der Waals surface area contributed by atoms with Gasteiger partial charge in [-0.2, -0.15) is 0 Å². The van der Waals surface area contributed by atoms with E-state index in [1.54, 1.807) is 6.07 Å². The Balaban J connectivity index is 1.93. The third kappa shape index (κ3) is 4.20. The minimum Gasteiger partial charge on any atom is -0.372 e. The molecule has 2 nitrogen and oxygen atoms in total. The zero-order valence-electron chi connectivity index (χ0n) is 12.8. The summed E-state index contributed by atoms with van der Waals surface area (Å²) in [5.41, 5.74) is 1.75. The van der Waals surface area contributed by atoms with Crippen LogP contribution in [0.2, 0.25) is 0 Å². The highest BCUT2D eigenvalue weighted by atomic mass is 19.1. The Labute approximate surface area is 122 Å². The van der Waals surface area contributed by atoms with E-state index in [0.29, 0.717) is 0 Å². The van der Waals surface area contributed by atoms with Gasteiger partial charge in [-0.05, 0) is 49.4 Å². The van der Waals surface area contributed by atoms with Crippen LogP contribution < -0.4 is 10.2 Å². The van der Waals surface area contributed by atoms with Crippen LogP contribution in [0, 0.1) is 11.7 Å². The van der Waals surface area contributed by atoms with E-state index in [1.165, 1.54) is 25.7 Å². The first-order valence-electron chi connectivity index (χ1n) is 7.91. The number of nitrogens with one attached hydrogen (secondary N) is 1. The van der Waals surface area contributed by atoms with Crippen LogP contribution in [-0.2, 0) is 6.54 Å². The largest absolute Gasteiger partial charge is 0.372 e. The van der Waals surface area contributed by atoms with Crippen molar-refractivity contribution in [1.82, 2.24) is 5.32 Å². The van der Waals surface area contributed by atoms with Gasteiger partial charge in [-0.3, -0.25) is 0 Å². The molecule has 0 amide bonds. The molecule has 1 fully saturated rings. The summed E-state index contributed by atoms with van der Waals surface area (Å²) in [6.45, 7) is 4.83. The molecule has 20 heavy (non-hydrogen) atoms. The highest BCUT2D eigenvalue weighted by Crippen LogP contribution is 2.28. The third-order valence-electron chi connectivity index (χ3n) is 4.19. The third-order valence-corrected chi connectivity index (χ3v) is 4.19. The maximum absolute atomic E-state index is 14.2. The molecule has 1 aliphatic carbocycles. The van der Waals surface area contributed by atoms with Crippen molar-refractivity contribution in [3.63, 3.8) is 0 Å². The smallest absolute Gasteiger partial charge is 0.146 e. The van der Waals surface area contributed by atoms with Crippen LogP contribution in [0.25, 0.3) is 0 Å². The Morgan fingerprint density at radius 1 is 1.30 bits per heavy atom. The fraction of sp³-hybridized carbons (Fsp3) is 0.647. The van der Waals surface area contributed by atoms with Crippen LogP contribution in [0.15, 0.2) is 18.2 Å².